The van der Waals surface area contributed by atoms with E-state index >= 15 is 0 Å². The second-order valence-electron chi connectivity index (χ2n) is 6.57. The van der Waals surface area contributed by atoms with E-state index in [9.17, 15) is 9.90 Å². The van der Waals surface area contributed by atoms with Crippen molar-refractivity contribution in [1.29, 1.82) is 0 Å². The van der Waals surface area contributed by atoms with Crippen LogP contribution in [0.1, 0.15) is 10.5 Å². The van der Waals surface area contributed by atoms with Crippen LogP contribution in [0.5, 0.6) is 0 Å². The number of aromatic carboxylic acids is 1. The molecule has 0 aliphatic heterocycles. The number of aryl methyl sites for hydroxylation is 1. The Labute approximate surface area is 180 Å². The third kappa shape index (κ3) is 3.06. The largest absolute Gasteiger partial charge is 0.663 e. The first-order valence-corrected chi connectivity index (χ1v) is 8.80. The first-order chi connectivity index (χ1) is 13.6. The molecule has 2 aromatic carbocycles. The van der Waals surface area contributed by atoms with Crippen molar-refractivity contribution in [3.8, 4) is 22.6 Å². The van der Waals surface area contributed by atoms with Crippen LogP contribution >= 0.6 is 0 Å². The summed E-state index contributed by atoms with van der Waals surface area (Å²) in [5.74, 6) is -0.245. The second kappa shape index (κ2) is 7.30. The number of carboxylic acid groups (broad SMARTS) is 1. The van der Waals surface area contributed by atoms with Gasteiger partial charge in [-0.2, -0.15) is 6.20 Å². The van der Waals surface area contributed by atoms with Crippen LogP contribution in [0.15, 0.2) is 66.9 Å². The minimum atomic E-state index is -1.05. The van der Waals surface area contributed by atoms with Gasteiger partial charge in [-0.15, -0.1) is 5.52 Å². The van der Waals surface area contributed by atoms with E-state index in [2.05, 4.69) is 9.97 Å². The van der Waals surface area contributed by atoms with E-state index in [0.717, 1.165) is 38.9 Å². The van der Waals surface area contributed by atoms with Gasteiger partial charge in [-0.1, -0.05) is 42.5 Å². The summed E-state index contributed by atoms with van der Waals surface area (Å²) in [6.45, 7) is 0. The number of nitrogens with zero attached hydrogens (tertiary/aromatic N) is 4. The quantitative estimate of drug-likeness (QED) is 0.358. The van der Waals surface area contributed by atoms with E-state index in [1.54, 1.807) is 18.3 Å². The fourth-order valence-electron chi connectivity index (χ4n) is 3.58. The number of carboxylic acids is 1. The zero-order valence-corrected chi connectivity index (χ0v) is 17.6. The number of carbonyl (C=O) groups is 1. The maximum Gasteiger partial charge on any atom is 0.354 e. The van der Waals surface area contributed by atoms with E-state index in [4.69, 9.17) is 4.98 Å². The Kier molecular flexibility index (Phi) is 4.80. The predicted molar refractivity (Wildman–Crippen MR) is 107 cm³/mol. The van der Waals surface area contributed by atoms with Crippen LogP contribution in [0.2, 0.25) is 0 Å². The summed E-state index contributed by atoms with van der Waals surface area (Å²) in [5.41, 5.74) is 4.98. The van der Waals surface area contributed by atoms with Gasteiger partial charge >= 0.3 is 5.97 Å². The summed E-state index contributed by atoms with van der Waals surface area (Å²) in [4.78, 5) is 25.0. The monoisotopic (exact) mass is 562 g/mol. The van der Waals surface area contributed by atoms with E-state index in [0.29, 0.717) is 5.69 Å². The Hall–Kier alpha value is -3.24. The fourth-order valence-corrected chi connectivity index (χ4v) is 3.58. The van der Waals surface area contributed by atoms with Crippen LogP contribution in [0.3, 0.4) is 0 Å². The first kappa shape index (κ1) is 19.1. The molecule has 0 spiro atoms. The molecule has 5 rings (SSSR count). The van der Waals surface area contributed by atoms with Crippen molar-refractivity contribution >= 4 is 27.9 Å². The molecule has 0 fully saturated rings. The minimum absolute atomic E-state index is 0. The molecule has 0 unspecified atom stereocenters. The minimum Gasteiger partial charge on any atom is -0.663 e. The van der Waals surface area contributed by atoms with Crippen LogP contribution < -0.4 is 4.98 Å². The SMILES string of the molecule is Cn1c(-c2cccc3cc[n-]c23)nc2c(-c3cccc(C(=O)O)n3)cccc21.[Pt]. The molecule has 146 valence electrons. The molecule has 7 heteroatoms. The Balaban J connectivity index is 0.00000205. The van der Waals surface area contributed by atoms with E-state index < -0.39 is 5.97 Å². The maximum atomic E-state index is 11.3. The first-order valence-electron chi connectivity index (χ1n) is 8.80. The molecule has 0 aliphatic rings. The van der Waals surface area contributed by atoms with E-state index in [-0.39, 0.29) is 26.8 Å². The van der Waals surface area contributed by atoms with Crippen molar-refractivity contribution in [2.24, 2.45) is 7.05 Å². The van der Waals surface area contributed by atoms with Gasteiger partial charge in [-0.25, -0.2) is 14.8 Å². The molecule has 5 aromatic rings. The summed E-state index contributed by atoms with van der Waals surface area (Å²) < 4.78 is 2.03. The topological polar surface area (TPSA) is 82.1 Å². The van der Waals surface area contributed by atoms with Crippen molar-refractivity contribution in [2.75, 3.05) is 0 Å². The average molecular weight is 562 g/mol. The summed E-state index contributed by atoms with van der Waals surface area (Å²) >= 11 is 0. The van der Waals surface area contributed by atoms with E-state index in [1.807, 2.05) is 54.1 Å². The van der Waals surface area contributed by atoms with Gasteiger partial charge in [-0.05, 0) is 23.6 Å². The van der Waals surface area contributed by atoms with Crippen molar-refractivity contribution in [3.63, 3.8) is 0 Å². The molecule has 0 saturated heterocycles. The molecule has 0 radical (unpaired) electrons. The number of fused-ring (bicyclic) bond motifs is 2. The van der Waals surface area contributed by atoms with Gasteiger partial charge in [-0.3, -0.25) is 0 Å². The van der Waals surface area contributed by atoms with Gasteiger partial charge in [0.15, 0.2) is 0 Å². The Morgan fingerprint density at radius 3 is 2.55 bits per heavy atom. The number of para-hydroxylation sites is 2. The molecule has 3 heterocycles. The maximum absolute atomic E-state index is 11.3. The molecule has 0 atom stereocenters. The second-order valence-corrected chi connectivity index (χ2v) is 6.57. The average Bonchev–Trinajstić information content (AvgIpc) is 3.32. The molecule has 1 N–H and O–H groups in total. The smallest absolute Gasteiger partial charge is 0.354 e. The molecule has 0 amide bonds. The number of imidazole rings is 1. The number of hydrogen-bond donors (Lipinski definition) is 1. The number of hydrogen-bond acceptors (Lipinski definition) is 3. The summed E-state index contributed by atoms with van der Waals surface area (Å²) in [6, 6.07) is 18.8. The molecular weight excluding hydrogens is 547 g/mol. The van der Waals surface area contributed by atoms with Gasteiger partial charge in [0.2, 0.25) is 0 Å². The normalized spacial score (nSPS) is 10.9. The van der Waals surface area contributed by atoms with Gasteiger partial charge in [0.05, 0.1) is 16.7 Å². The molecule has 0 aliphatic carbocycles. The summed E-state index contributed by atoms with van der Waals surface area (Å²) in [7, 11) is 1.97. The van der Waals surface area contributed by atoms with Crippen molar-refractivity contribution < 1.29 is 31.0 Å². The van der Waals surface area contributed by atoms with Crippen LogP contribution in [0, 0.1) is 0 Å². The molecular formula is C22H15N4O2Pt-. The van der Waals surface area contributed by atoms with Gasteiger partial charge in [0, 0.05) is 39.2 Å². The zero-order valence-electron chi connectivity index (χ0n) is 15.3. The number of benzene rings is 2. The number of rotatable bonds is 3. The Morgan fingerprint density at radius 2 is 1.72 bits per heavy atom. The molecule has 6 nitrogen and oxygen atoms in total. The third-order valence-electron chi connectivity index (χ3n) is 4.92. The third-order valence-corrected chi connectivity index (χ3v) is 4.92. The standard InChI is InChI=1S/C22H16N4O2.Pt/c1-26-18-10-3-6-14(16-8-4-9-17(24-16)22(27)28)20(18)25-21(26)15-7-2-5-13-11-12-23-19(13)15;/h2-12H,1H3,(H2,23,24,25,27,28);/p-1. The Bertz CT molecular complexity index is 1370. The summed E-state index contributed by atoms with van der Waals surface area (Å²) in [6.07, 6.45) is 1.80. The van der Waals surface area contributed by atoms with Gasteiger partial charge in [0.1, 0.15) is 11.5 Å². The number of aromatic nitrogens is 4. The fraction of sp³-hybridized carbons (Fsp3) is 0.0455. The van der Waals surface area contributed by atoms with Gasteiger partial charge in [0.25, 0.3) is 0 Å². The zero-order chi connectivity index (χ0) is 19.3. The predicted octanol–water partition coefficient (Wildman–Crippen LogP) is 4.11. The molecule has 0 saturated carbocycles. The Morgan fingerprint density at radius 1 is 0.966 bits per heavy atom. The van der Waals surface area contributed by atoms with Crippen LogP contribution in [0.4, 0.5) is 0 Å². The number of pyridine rings is 1. The summed E-state index contributed by atoms with van der Waals surface area (Å²) in [5, 5.41) is 10.3. The molecule has 3 aromatic heterocycles. The van der Waals surface area contributed by atoms with Crippen LogP contribution in [-0.4, -0.2) is 25.6 Å². The van der Waals surface area contributed by atoms with Crippen molar-refractivity contribution in [2.45, 2.75) is 0 Å². The van der Waals surface area contributed by atoms with Crippen LogP contribution in [0.25, 0.3) is 44.6 Å². The molecule has 0 bridgehead atoms. The van der Waals surface area contributed by atoms with Crippen molar-refractivity contribution in [3.05, 3.63) is 72.6 Å². The van der Waals surface area contributed by atoms with Crippen LogP contribution in [-0.2, 0) is 28.1 Å². The van der Waals surface area contributed by atoms with Gasteiger partial charge < -0.3 is 14.7 Å². The van der Waals surface area contributed by atoms with Crippen molar-refractivity contribution in [1.82, 2.24) is 19.5 Å². The van der Waals surface area contributed by atoms with E-state index in [1.165, 1.54) is 6.07 Å². The molecule has 29 heavy (non-hydrogen) atoms.